The molecule has 3 aliphatic heterocycles. The number of aromatic hydroxyl groups is 2. The molecular formula is C30H33ClN11O10S2+. The Labute approximate surface area is 317 Å². The Bertz CT molecular complexity index is 2040. The SMILES string of the molecule is Nc1nc(/C(=N/O[C@@H](CC(=O)O)C(=O)O)C(=O)N[C@@H]2C(=O)N3C(c4nn[nH]n4)=C(C[N+]4(CCNC(=O)c5ccc(O)c(O)c5Cl)CCCC4)CS[C@H]23)cs1. The minimum atomic E-state index is -1.91. The van der Waals surface area contributed by atoms with Crippen molar-refractivity contribution in [3.05, 3.63) is 45.2 Å². The lowest BCUT2D eigenvalue weighted by Crippen LogP contribution is -2.70. The van der Waals surface area contributed by atoms with E-state index in [4.69, 9.17) is 27.3 Å². The highest BCUT2D eigenvalue weighted by Gasteiger charge is 2.55. The first-order chi connectivity index (χ1) is 25.8. The molecule has 9 N–H and O–H groups in total. The summed E-state index contributed by atoms with van der Waals surface area (Å²) in [6.45, 7) is 2.86. The molecule has 3 amide bonds. The average Bonchev–Trinajstić information content (AvgIpc) is 3.92. The van der Waals surface area contributed by atoms with Crippen molar-refractivity contribution in [1.82, 2.24) is 41.1 Å². The predicted octanol–water partition coefficient (Wildman–Crippen LogP) is -0.197. The number of carboxylic acid groups (broad SMARTS) is 2. The number of likely N-dealkylation sites (tertiary alicyclic amines) is 1. The van der Waals surface area contributed by atoms with Crippen molar-refractivity contribution in [2.24, 2.45) is 5.16 Å². The minimum absolute atomic E-state index is 0.0129. The van der Waals surface area contributed by atoms with E-state index in [-0.39, 0.29) is 33.8 Å². The standard InChI is InChI=1S/C30H32ClN11O10S2/c31-19-14(3-4-16(43)23(19)46)25(47)33-5-8-42(6-1-2-7-42)10-13-11-53-28-21(27(49)41(28)22(13)24-36-39-40-37-24)35-26(48)20(15-12-54-30(32)34-15)38-52-17(29(50)51)9-18(44)45/h3-4,12,17,21,28H,1-2,5-11H2,(H8-,32,33,34,35,36,37,38,39,40,43,44,45,46,47,48,50,51)/p+1/t17-,21+,28+/m0/s1. The summed E-state index contributed by atoms with van der Waals surface area (Å²) >= 11 is 8.44. The number of phenols is 2. The lowest BCUT2D eigenvalue weighted by molar-refractivity contribution is -0.911. The number of hydrogen-bond acceptors (Lipinski definition) is 16. The molecule has 54 heavy (non-hydrogen) atoms. The molecule has 3 aromatic rings. The molecule has 0 bridgehead atoms. The van der Waals surface area contributed by atoms with E-state index >= 15 is 0 Å². The first kappa shape index (κ1) is 38.2. The molecule has 24 heteroatoms. The van der Waals surface area contributed by atoms with Gasteiger partial charge in [-0.2, -0.15) is 5.21 Å². The molecule has 21 nitrogen and oxygen atoms in total. The van der Waals surface area contributed by atoms with Crippen molar-refractivity contribution in [1.29, 1.82) is 0 Å². The number of aromatic nitrogens is 5. The molecule has 0 spiro atoms. The number of amides is 3. The maximum absolute atomic E-state index is 13.8. The molecule has 2 saturated heterocycles. The largest absolute Gasteiger partial charge is 0.504 e. The van der Waals surface area contributed by atoms with Crippen LogP contribution < -0.4 is 16.4 Å². The van der Waals surface area contributed by atoms with Crippen LogP contribution in [0.2, 0.25) is 5.02 Å². The maximum Gasteiger partial charge on any atom is 0.348 e. The van der Waals surface area contributed by atoms with Crippen molar-refractivity contribution < 1.29 is 53.7 Å². The maximum atomic E-state index is 13.8. The molecule has 1 aromatic carbocycles. The van der Waals surface area contributed by atoms with Gasteiger partial charge in [0.15, 0.2) is 22.3 Å². The van der Waals surface area contributed by atoms with Gasteiger partial charge in [-0.05, 0) is 17.3 Å². The molecule has 3 atom stereocenters. The number of quaternary nitrogens is 1. The number of nitrogens with zero attached hydrogens (tertiary/aromatic N) is 7. The molecule has 5 heterocycles. The van der Waals surface area contributed by atoms with Gasteiger partial charge in [-0.15, -0.1) is 33.3 Å². The van der Waals surface area contributed by atoms with E-state index in [2.05, 4.69) is 41.4 Å². The van der Waals surface area contributed by atoms with Crippen molar-refractivity contribution in [3.63, 3.8) is 0 Å². The molecule has 2 fully saturated rings. The molecule has 0 radical (unpaired) electrons. The zero-order valence-corrected chi connectivity index (χ0v) is 30.4. The predicted molar refractivity (Wildman–Crippen MR) is 190 cm³/mol. The zero-order valence-electron chi connectivity index (χ0n) is 28.0. The van der Waals surface area contributed by atoms with Crippen LogP contribution >= 0.6 is 34.7 Å². The number of thioether (sulfide) groups is 1. The second-order valence-corrected chi connectivity index (χ2v) is 14.9. The fourth-order valence-corrected chi connectivity index (χ4v) is 8.57. The van der Waals surface area contributed by atoms with Gasteiger partial charge in [0, 0.05) is 29.5 Å². The summed E-state index contributed by atoms with van der Waals surface area (Å²) in [5.74, 6) is -5.49. The number of hydrogen-bond donors (Lipinski definition) is 8. The number of fused-ring (bicyclic) bond motifs is 1. The van der Waals surface area contributed by atoms with Crippen molar-refractivity contribution >= 4 is 80.9 Å². The van der Waals surface area contributed by atoms with Crippen LogP contribution in [-0.2, 0) is 24.0 Å². The quantitative estimate of drug-likeness (QED) is 0.0324. The van der Waals surface area contributed by atoms with Crippen molar-refractivity contribution in [3.8, 4) is 11.5 Å². The van der Waals surface area contributed by atoms with Gasteiger partial charge in [0.25, 0.3) is 17.7 Å². The number of phenolic OH excluding ortho intramolecular Hbond substituents is 2. The van der Waals surface area contributed by atoms with E-state index in [1.54, 1.807) is 0 Å². The van der Waals surface area contributed by atoms with Crippen LogP contribution in [0.5, 0.6) is 11.5 Å². The topological polar surface area (TPSA) is 309 Å². The number of anilines is 1. The number of aliphatic carboxylic acids is 2. The lowest BCUT2D eigenvalue weighted by atomic mass is 10.0. The summed E-state index contributed by atoms with van der Waals surface area (Å²) in [7, 11) is 0. The number of benzene rings is 1. The molecule has 0 aliphatic carbocycles. The highest BCUT2D eigenvalue weighted by Crippen LogP contribution is 2.44. The number of thiazole rings is 1. The van der Waals surface area contributed by atoms with E-state index in [1.165, 1.54) is 34.2 Å². The Kier molecular flexibility index (Phi) is 11.2. The average molecular weight is 807 g/mol. The van der Waals surface area contributed by atoms with Crippen molar-refractivity contribution in [2.45, 2.75) is 36.8 Å². The smallest absolute Gasteiger partial charge is 0.348 e. The Morgan fingerprint density at radius 1 is 1.20 bits per heavy atom. The number of nitrogen functional groups attached to an aromatic ring is 1. The highest BCUT2D eigenvalue weighted by atomic mass is 35.5. The zero-order chi connectivity index (χ0) is 38.7. The number of tetrazole rings is 1. The van der Waals surface area contributed by atoms with E-state index < -0.39 is 70.8 Å². The van der Waals surface area contributed by atoms with Crippen LogP contribution in [0.3, 0.4) is 0 Å². The second kappa shape index (κ2) is 15.8. The summed E-state index contributed by atoms with van der Waals surface area (Å²) in [5.41, 5.74) is 6.44. The fourth-order valence-electron chi connectivity index (χ4n) is 6.44. The molecular weight excluding hydrogens is 774 g/mol. The first-order valence-electron chi connectivity index (χ1n) is 16.2. The number of nitrogens with one attached hydrogen (secondary N) is 3. The summed E-state index contributed by atoms with van der Waals surface area (Å²) in [6, 6.07) is 1.42. The van der Waals surface area contributed by atoms with E-state index in [9.17, 15) is 39.3 Å². The van der Waals surface area contributed by atoms with Crippen LogP contribution in [0.25, 0.3) is 5.70 Å². The summed E-state index contributed by atoms with van der Waals surface area (Å²) in [6.07, 6.45) is -0.985. The van der Waals surface area contributed by atoms with Crippen LogP contribution in [-0.4, -0.2) is 147 Å². The second-order valence-electron chi connectivity index (χ2n) is 12.5. The number of oxime groups is 1. The van der Waals surface area contributed by atoms with Crippen molar-refractivity contribution in [2.75, 3.05) is 44.2 Å². The van der Waals surface area contributed by atoms with Gasteiger partial charge >= 0.3 is 11.9 Å². The summed E-state index contributed by atoms with van der Waals surface area (Å²) in [4.78, 5) is 73.4. The fraction of sp³-hybridized carbons (Fsp3) is 0.400. The van der Waals surface area contributed by atoms with Gasteiger partial charge in [-0.25, -0.2) is 9.78 Å². The third-order valence-corrected chi connectivity index (χ3v) is 11.4. The van der Waals surface area contributed by atoms with Crippen LogP contribution in [0.1, 0.15) is 41.1 Å². The van der Waals surface area contributed by atoms with Gasteiger partial charge in [0.05, 0.1) is 48.9 Å². The third kappa shape index (κ3) is 7.88. The first-order valence-corrected chi connectivity index (χ1v) is 18.5. The number of carbonyl (C=O) groups excluding carboxylic acids is 3. The molecule has 6 rings (SSSR count). The van der Waals surface area contributed by atoms with Gasteiger partial charge in [-0.3, -0.25) is 24.1 Å². The Morgan fingerprint density at radius 3 is 2.61 bits per heavy atom. The molecule has 2 aromatic heterocycles. The number of nitrogens with two attached hydrogens (primary N) is 1. The number of carbonyl (C=O) groups is 5. The molecule has 3 aliphatic rings. The van der Waals surface area contributed by atoms with Crippen LogP contribution in [0, 0.1) is 0 Å². The molecule has 286 valence electrons. The van der Waals surface area contributed by atoms with Gasteiger partial charge in [0.1, 0.15) is 23.7 Å². The highest BCUT2D eigenvalue weighted by molar-refractivity contribution is 8.00. The van der Waals surface area contributed by atoms with Crippen LogP contribution in [0.4, 0.5) is 5.13 Å². The number of H-pyrrole nitrogens is 1. The van der Waals surface area contributed by atoms with Crippen LogP contribution in [0.15, 0.2) is 28.2 Å². The van der Waals surface area contributed by atoms with Gasteiger partial charge < -0.3 is 46.1 Å². The Balaban J connectivity index is 1.19. The molecule has 0 saturated carbocycles. The third-order valence-electron chi connectivity index (χ3n) is 9.03. The number of β-lactam (4-membered cyclic amide) rings is 1. The summed E-state index contributed by atoms with van der Waals surface area (Å²) in [5, 5.41) is 62.1. The Morgan fingerprint density at radius 2 is 1.96 bits per heavy atom. The number of aromatic amines is 1. The Hall–Kier alpha value is -5.52. The lowest BCUT2D eigenvalue weighted by Gasteiger charge is -2.50. The van der Waals surface area contributed by atoms with Gasteiger partial charge in [0.2, 0.25) is 11.9 Å². The number of carboxylic acids is 2. The number of halogens is 1. The van der Waals surface area contributed by atoms with E-state index in [1.807, 2.05) is 0 Å². The monoisotopic (exact) mass is 806 g/mol. The normalized spacial score (nSPS) is 19.8. The number of rotatable bonds is 15. The van der Waals surface area contributed by atoms with E-state index in [0.29, 0.717) is 29.0 Å². The van der Waals surface area contributed by atoms with Gasteiger partial charge in [-0.1, -0.05) is 16.8 Å². The van der Waals surface area contributed by atoms with E-state index in [0.717, 1.165) is 42.8 Å². The summed E-state index contributed by atoms with van der Waals surface area (Å²) < 4.78 is 0.578. The minimum Gasteiger partial charge on any atom is -0.504 e. The molecule has 0 unspecified atom stereocenters.